The van der Waals surface area contributed by atoms with E-state index in [9.17, 15) is 4.39 Å². The fourth-order valence-corrected chi connectivity index (χ4v) is 2.41. The van der Waals surface area contributed by atoms with Crippen LogP contribution in [0.5, 0.6) is 0 Å². The second kappa shape index (κ2) is 5.96. The van der Waals surface area contributed by atoms with E-state index < -0.39 is 0 Å². The zero-order valence-corrected chi connectivity index (χ0v) is 11.8. The molecule has 1 unspecified atom stereocenters. The summed E-state index contributed by atoms with van der Waals surface area (Å²) in [6, 6.07) is 5.70. The summed E-state index contributed by atoms with van der Waals surface area (Å²) in [4.78, 5) is 0. The fraction of sp³-hybridized carbons (Fsp3) is 0.571. The van der Waals surface area contributed by atoms with Gasteiger partial charge in [-0.05, 0) is 61.9 Å². The SMILES string of the molecule is CC(CCNC1CC1)Cc1cc(F)ccc1Br. The Bertz CT molecular complexity index is 376. The molecular weight excluding hydrogens is 281 g/mol. The third kappa shape index (κ3) is 4.40. The molecule has 0 bridgehead atoms. The van der Waals surface area contributed by atoms with E-state index in [-0.39, 0.29) is 5.82 Å². The Kier molecular flexibility index (Phi) is 4.57. The van der Waals surface area contributed by atoms with Crippen molar-refractivity contribution in [1.82, 2.24) is 5.32 Å². The van der Waals surface area contributed by atoms with Crippen LogP contribution in [0.3, 0.4) is 0 Å². The molecule has 3 heteroatoms. The van der Waals surface area contributed by atoms with E-state index in [2.05, 4.69) is 28.2 Å². The van der Waals surface area contributed by atoms with Crippen molar-refractivity contribution < 1.29 is 4.39 Å². The van der Waals surface area contributed by atoms with Gasteiger partial charge in [0.15, 0.2) is 0 Å². The van der Waals surface area contributed by atoms with Crippen molar-refractivity contribution in [1.29, 1.82) is 0 Å². The summed E-state index contributed by atoms with van der Waals surface area (Å²) >= 11 is 3.48. The maximum atomic E-state index is 13.1. The number of rotatable bonds is 6. The average Bonchev–Trinajstić information content (AvgIpc) is 3.07. The van der Waals surface area contributed by atoms with Gasteiger partial charge in [-0.2, -0.15) is 0 Å². The third-order valence-electron chi connectivity index (χ3n) is 3.22. The number of benzene rings is 1. The lowest BCUT2D eigenvalue weighted by molar-refractivity contribution is 0.495. The van der Waals surface area contributed by atoms with Crippen LogP contribution in [0.2, 0.25) is 0 Å². The van der Waals surface area contributed by atoms with E-state index in [0.29, 0.717) is 5.92 Å². The number of halogens is 2. The molecule has 1 aliphatic carbocycles. The van der Waals surface area contributed by atoms with Gasteiger partial charge in [-0.1, -0.05) is 22.9 Å². The normalized spacial score (nSPS) is 17.1. The molecule has 0 aliphatic heterocycles. The Balaban J connectivity index is 1.79. The molecule has 0 spiro atoms. The molecule has 0 amide bonds. The van der Waals surface area contributed by atoms with Crippen LogP contribution in [-0.2, 0) is 6.42 Å². The Hall–Kier alpha value is -0.410. The summed E-state index contributed by atoms with van der Waals surface area (Å²) in [6.07, 6.45) is 4.76. The first-order valence-corrected chi connectivity index (χ1v) is 7.12. The Morgan fingerprint density at radius 3 is 2.94 bits per heavy atom. The van der Waals surface area contributed by atoms with Crippen LogP contribution >= 0.6 is 15.9 Å². The number of nitrogens with one attached hydrogen (secondary N) is 1. The van der Waals surface area contributed by atoms with E-state index in [1.165, 1.54) is 18.9 Å². The van der Waals surface area contributed by atoms with Gasteiger partial charge in [0.05, 0.1) is 0 Å². The summed E-state index contributed by atoms with van der Waals surface area (Å²) in [5, 5.41) is 3.51. The number of hydrogen-bond acceptors (Lipinski definition) is 1. The van der Waals surface area contributed by atoms with Crippen LogP contribution < -0.4 is 5.32 Å². The lowest BCUT2D eigenvalue weighted by atomic mass is 9.98. The average molecular weight is 300 g/mol. The molecule has 94 valence electrons. The minimum atomic E-state index is -0.147. The standard InChI is InChI=1S/C14H19BrFN/c1-10(6-7-17-13-3-4-13)8-11-9-12(16)2-5-14(11)15/h2,5,9-10,13,17H,3-4,6-8H2,1H3. The minimum absolute atomic E-state index is 0.147. The molecule has 1 aromatic carbocycles. The molecule has 1 aliphatic rings. The Morgan fingerprint density at radius 1 is 1.47 bits per heavy atom. The van der Waals surface area contributed by atoms with Gasteiger partial charge in [-0.3, -0.25) is 0 Å². The van der Waals surface area contributed by atoms with Crippen molar-refractivity contribution in [3.05, 3.63) is 34.1 Å². The molecule has 1 fully saturated rings. The van der Waals surface area contributed by atoms with Crippen molar-refractivity contribution in [2.24, 2.45) is 5.92 Å². The quantitative estimate of drug-likeness (QED) is 0.840. The first-order chi connectivity index (χ1) is 8.15. The first kappa shape index (κ1) is 13.0. The van der Waals surface area contributed by atoms with E-state index in [1.807, 2.05) is 0 Å². The largest absolute Gasteiger partial charge is 0.314 e. The maximum absolute atomic E-state index is 13.1. The van der Waals surface area contributed by atoms with E-state index in [4.69, 9.17) is 0 Å². The van der Waals surface area contributed by atoms with Crippen LogP contribution in [-0.4, -0.2) is 12.6 Å². The Labute approximate surface area is 111 Å². The zero-order valence-electron chi connectivity index (χ0n) is 10.2. The van der Waals surface area contributed by atoms with Crippen molar-refractivity contribution in [2.45, 2.75) is 38.6 Å². The van der Waals surface area contributed by atoms with Crippen molar-refractivity contribution >= 4 is 15.9 Å². The van der Waals surface area contributed by atoms with Crippen LogP contribution in [0, 0.1) is 11.7 Å². The smallest absolute Gasteiger partial charge is 0.123 e. The molecule has 1 atom stereocenters. The van der Waals surface area contributed by atoms with E-state index in [1.54, 1.807) is 12.1 Å². The van der Waals surface area contributed by atoms with Crippen molar-refractivity contribution in [3.63, 3.8) is 0 Å². The Morgan fingerprint density at radius 2 is 2.24 bits per heavy atom. The second-order valence-electron chi connectivity index (χ2n) is 5.06. The minimum Gasteiger partial charge on any atom is -0.314 e. The first-order valence-electron chi connectivity index (χ1n) is 6.32. The summed E-state index contributed by atoms with van der Waals surface area (Å²) in [7, 11) is 0. The summed E-state index contributed by atoms with van der Waals surface area (Å²) in [5.74, 6) is 0.436. The van der Waals surface area contributed by atoms with E-state index in [0.717, 1.165) is 35.5 Å². The lowest BCUT2D eigenvalue weighted by Crippen LogP contribution is -2.20. The van der Waals surface area contributed by atoms with E-state index >= 15 is 0 Å². The second-order valence-corrected chi connectivity index (χ2v) is 5.92. The molecule has 1 N–H and O–H groups in total. The van der Waals surface area contributed by atoms with Crippen molar-refractivity contribution in [2.75, 3.05) is 6.54 Å². The van der Waals surface area contributed by atoms with Gasteiger partial charge in [-0.15, -0.1) is 0 Å². The highest BCUT2D eigenvalue weighted by Gasteiger charge is 2.20. The molecule has 1 saturated carbocycles. The van der Waals surface area contributed by atoms with Crippen LogP contribution in [0.25, 0.3) is 0 Å². The monoisotopic (exact) mass is 299 g/mol. The summed E-state index contributed by atoms with van der Waals surface area (Å²) in [5.41, 5.74) is 1.07. The van der Waals surface area contributed by atoms with Gasteiger partial charge < -0.3 is 5.32 Å². The molecule has 1 nitrogen and oxygen atoms in total. The highest BCUT2D eigenvalue weighted by atomic mass is 79.9. The van der Waals surface area contributed by atoms with Gasteiger partial charge in [-0.25, -0.2) is 4.39 Å². The van der Waals surface area contributed by atoms with Crippen molar-refractivity contribution in [3.8, 4) is 0 Å². The van der Waals surface area contributed by atoms with Crippen LogP contribution in [0.15, 0.2) is 22.7 Å². The predicted molar refractivity (Wildman–Crippen MR) is 72.6 cm³/mol. The van der Waals surface area contributed by atoms with Gasteiger partial charge in [0.25, 0.3) is 0 Å². The highest BCUT2D eigenvalue weighted by Crippen LogP contribution is 2.23. The van der Waals surface area contributed by atoms with Gasteiger partial charge >= 0.3 is 0 Å². The van der Waals surface area contributed by atoms with Gasteiger partial charge in [0.1, 0.15) is 5.82 Å². The molecule has 0 radical (unpaired) electrons. The van der Waals surface area contributed by atoms with Gasteiger partial charge in [0.2, 0.25) is 0 Å². The predicted octanol–water partition coefficient (Wildman–Crippen LogP) is 3.91. The molecule has 0 saturated heterocycles. The molecule has 17 heavy (non-hydrogen) atoms. The molecule has 1 aromatic rings. The number of hydrogen-bond donors (Lipinski definition) is 1. The zero-order chi connectivity index (χ0) is 12.3. The third-order valence-corrected chi connectivity index (χ3v) is 4.00. The van der Waals surface area contributed by atoms with Crippen LogP contribution in [0.4, 0.5) is 4.39 Å². The highest BCUT2D eigenvalue weighted by molar-refractivity contribution is 9.10. The molecule has 0 aromatic heterocycles. The van der Waals surface area contributed by atoms with Gasteiger partial charge in [0, 0.05) is 10.5 Å². The van der Waals surface area contributed by atoms with Crippen LogP contribution in [0.1, 0.15) is 31.7 Å². The lowest BCUT2D eigenvalue weighted by Gasteiger charge is -2.13. The summed E-state index contributed by atoms with van der Waals surface area (Å²) in [6.45, 7) is 3.31. The molecular formula is C14H19BrFN. The fourth-order valence-electron chi connectivity index (χ4n) is 2.00. The maximum Gasteiger partial charge on any atom is 0.123 e. The summed E-state index contributed by atoms with van der Waals surface area (Å²) < 4.78 is 14.1. The molecule has 0 heterocycles. The topological polar surface area (TPSA) is 12.0 Å². The molecule has 2 rings (SSSR count).